The van der Waals surface area contributed by atoms with Crippen molar-refractivity contribution in [3.63, 3.8) is 0 Å². The van der Waals surface area contributed by atoms with Gasteiger partial charge in [0.15, 0.2) is 0 Å². The molecule has 27 heavy (non-hydrogen) atoms. The molecule has 5 nitrogen and oxygen atoms in total. The minimum atomic E-state index is -3.71. The van der Waals surface area contributed by atoms with Gasteiger partial charge in [0.2, 0.25) is 15.9 Å². The Kier molecular flexibility index (Phi) is 5.84. The molecule has 0 fully saturated rings. The van der Waals surface area contributed by atoms with E-state index in [1.807, 2.05) is 37.3 Å². The summed E-state index contributed by atoms with van der Waals surface area (Å²) in [5, 5.41) is 10.3. The van der Waals surface area contributed by atoms with Crippen LogP contribution in [0.4, 0.5) is 0 Å². The molecule has 3 N–H and O–H groups in total. The third-order valence-electron chi connectivity index (χ3n) is 4.18. The summed E-state index contributed by atoms with van der Waals surface area (Å²) in [4.78, 5) is 13.3. The average molecular weight is 401 g/mol. The van der Waals surface area contributed by atoms with E-state index in [-0.39, 0.29) is 16.8 Å². The van der Waals surface area contributed by atoms with E-state index < -0.39 is 10.0 Å². The first-order valence-electron chi connectivity index (χ1n) is 8.37. The number of carbonyl (C=O) groups is 1. The van der Waals surface area contributed by atoms with Gasteiger partial charge in [-0.2, -0.15) is 0 Å². The molecular weight excluding hydrogens is 380 g/mol. The molecule has 0 aliphatic carbocycles. The molecule has 0 spiro atoms. The number of sulfonamides is 1. The fourth-order valence-corrected chi connectivity index (χ4v) is 3.99. The first kappa shape index (κ1) is 19.4. The molecule has 0 bridgehead atoms. The Balaban J connectivity index is 1.58. The monoisotopic (exact) mass is 400 g/mol. The minimum absolute atomic E-state index is 0.0524. The molecule has 0 aliphatic rings. The van der Waals surface area contributed by atoms with E-state index in [0.29, 0.717) is 5.75 Å². The summed E-state index contributed by atoms with van der Waals surface area (Å²) in [6.07, 6.45) is 0. The SMILES string of the molecule is CC(NC(=O)CSc1ccc2ccccc2c1)c1ccc(S(N)(=O)=O)cc1. The lowest BCUT2D eigenvalue weighted by Crippen LogP contribution is -2.28. The van der Waals surface area contributed by atoms with Crippen LogP contribution in [0.25, 0.3) is 10.8 Å². The fraction of sp³-hybridized carbons (Fsp3) is 0.150. The molecule has 0 aliphatic heterocycles. The number of carbonyl (C=O) groups excluding carboxylic acids is 1. The van der Waals surface area contributed by atoms with Gasteiger partial charge in [0.05, 0.1) is 16.7 Å². The number of nitrogens with one attached hydrogen (secondary N) is 1. The van der Waals surface area contributed by atoms with Gasteiger partial charge in [0.1, 0.15) is 0 Å². The first-order chi connectivity index (χ1) is 12.8. The molecule has 1 unspecified atom stereocenters. The van der Waals surface area contributed by atoms with Crippen LogP contribution in [0.5, 0.6) is 0 Å². The summed E-state index contributed by atoms with van der Waals surface area (Å²) < 4.78 is 22.6. The molecule has 0 heterocycles. The van der Waals surface area contributed by atoms with Gasteiger partial charge in [-0.05, 0) is 47.5 Å². The Bertz CT molecular complexity index is 1060. The lowest BCUT2D eigenvalue weighted by Gasteiger charge is -2.14. The molecule has 0 saturated carbocycles. The van der Waals surface area contributed by atoms with Gasteiger partial charge < -0.3 is 5.32 Å². The van der Waals surface area contributed by atoms with Crippen LogP contribution in [0, 0.1) is 0 Å². The van der Waals surface area contributed by atoms with E-state index in [1.54, 1.807) is 12.1 Å². The van der Waals surface area contributed by atoms with Gasteiger partial charge >= 0.3 is 0 Å². The van der Waals surface area contributed by atoms with E-state index in [0.717, 1.165) is 15.8 Å². The standard InChI is InChI=1S/C20H20N2O3S2/c1-14(15-7-10-19(11-8-15)27(21,24)25)22-20(23)13-26-18-9-6-16-4-2-3-5-17(16)12-18/h2-12,14H,13H2,1H3,(H,22,23)(H2,21,24,25). The molecule has 0 aromatic heterocycles. The average Bonchev–Trinajstić information content (AvgIpc) is 2.65. The number of fused-ring (bicyclic) bond motifs is 1. The Labute approximate surface area is 163 Å². The summed E-state index contributed by atoms with van der Waals surface area (Å²) in [5.74, 6) is 0.217. The van der Waals surface area contributed by atoms with E-state index in [1.165, 1.54) is 29.3 Å². The highest BCUT2D eigenvalue weighted by molar-refractivity contribution is 8.00. The maximum atomic E-state index is 12.2. The van der Waals surface area contributed by atoms with Gasteiger partial charge in [-0.3, -0.25) is 4.79 Å². The zero-order valence-corrected chi connectivity index (χ0v) is 16.4. The van der Waals surface area contributed by atoms with Crippen LogP contribution in [0.3, 0.4) is 0 Å². The quantitative estimate of drug-likeness (QED) is 0.620. The van der Waals surface area contributed by atoms with Crippen molar-refractivity contribution < 1.29 is 13.2 Å². The number of hydrogen-bond acceptors (Lipinski definition) is 4. The molecule has 1 atom stereocenters. The normalized spacial score (nSPS) is 12.7. The van der Waals surface area contributed by atoms with Crippen molar-refractivity contribution in [2.45, 2.75) is 22.8 Å². The molecule has 140 valence electrons. The highest BCUT2D eigenvalue weighted by Gasteiger charge is 2.12. The largest absolute Gasteiger partial charge is 0.349 e. The van der Waals surface area contributed by atoms with E-state index in [4.69, 9.17) is 5.14 Å². The third-order valence-corrected chi connectivity index (χ3v) is 6.10. The van der Waals surface area contributed by atoms with Crippen LogP contribution in [0.15, 0.2) is 76.5 Å². The van der Waals surface area contributed by atoms with Crippen molar-refractivity contribution in [2.75, 3.05) is 5.75 Å². The van der Waals surface area contributed by atoms with Crippen molar-refractivity contribution in [3.8, 4) is 0 Å². The molecule has 3 aromatic rings. The lowest BCUT2D eigenvalue weighted by molar-refractivity contribution is -0.119. The van der Waals surface area contributed by atoms with Crippen molar-refractivity contribution in [2.24, 2.45) is 5.14 Å². The van der Waals surface area contributed by atoms with Crippen LogP contribution >= 0.6 is 11.8 Å². The third kappa shape index (κ3) is 5.09. The van der Waals surface area contributed by atoms with Crippen LogP contribution in [-0.2, 0) is 14.8 Å². The number of benzene rings is 3. The molecule has 1 amide bonds. The summed E-state index contributed by atoms with van der Waals surface area (Å²) >= 11 is 1.48. The van der Waals surface area contributed by atoms with Crippen LogP contribution in [0.2, 0.25) is 0 Å². The predicted molar refractivity (Wildman–Crippen MR) is 109 cm³/mol. The zero-order valence-electron chi connectivity index (χ0n) is 14.8. The topological polar surface area (TPSA) is 89.3 Å². The second kappa shape index (κ2) is 8.12. The van der Waals surface area contributed by atoms with Gasteiger partial charge in [-0.15, -0.1) is 11.8 Å². The minimum Gasteiger partial charge on any atom is -0.349 e. The Morgan fingerprint density at radius 3 is 2.37 bits per heavy atom. The summed E-state index contributed by atoms with van der Waals surface area (Å²) in [6.45, 7) is 1.85. The summed E-state index contributed by atoms with van der Waals surface area (Å²) in [5.41, 5.74) is 0.812. The van der Waals surface area contributed by atoms with Gasteiger partial charge in [-0.25, -0.2) is 13.6 Å². The van der Waals surface area contributed by atoms with Gasteiger partial charge in [-0.1, -0.05) is 42.5 Å². The molecular formula is C20H20N2O3S2. The molecule has 0 saturated heterocycles. The van der Waals surface area contributed by atoms with E-state index >= 15 is 0 Å². The highest BCUT2D eigenvalue weighted by atomic mass is 32.2. The highest BCUT2D eigenvalue weighted by Crippen LogP contribution is 2.24. The van der Waals surface area contributed by atoms with Crippen molar-refractivity contribution >= 4 is 38.5 Å². The fourth-order valence-electron chi connectivity index (χ4n) is 2.72. The number of nitrogens with two attached hydrogens (primary N) is 1. The number of hydrogen-bond donors (Lipinski definition) is 2. The zero-order chi connectivity index (χ0) is 19.4. The van der Waals surface area contributed by atoms with Gasteiger partial charge in [0, 0.05) is 4.90 Å². The Morgan fingerprint density at radius 1 is 1.04 bits per heavy atom. The maximum Gasteiger partial charge on any atom is 0.238 e. The van der Waals surface area contributed by atoms with E-state index in [9.17, 15) is 13.2 Å². The van der Waals surface area contributed by atoms with Crippen LogP contribution in [-0.4, -0.2) is 20.1 Å². The number of amides is 1. The second-order valence-electron chi connectivity index (χ2n) is 6.20. The summed E-state index contributed by atoms with van der Waals surface area (Å²) in [6, 6.07) is 20.2. The summed E-state index contributed by atoms with van der Waals surface area (Å²) in [7, 11) is -3.71. The second-order valence-corrected chi connectivity index (χ2v) is 8.81. The smallest absolute Gasteiger partial charge is 0.238 e. The molecule has 7 heteroatoms. The number of thioether (sulfide) groups is 1. The van der Waals surface area contributed by atoms with E-state index in [2.05, 4.69) is 17.4 Å². The van der Waals surface area contributed by atoms with Crippen LogP contribution in [0.1, 0.15) is 18.5 Å². The first-order valence-corrected chi connectivity index (χ1v) is 10.9. The van der Waals surface area contributed by atoms with Crippen molar-refractivity contribution in [1.29, 1.82) is 0 Å². The maximum absolute atomic E-state index is 12.2. The molecule has 3 rings (SSSR count). The van der Waals surface area contributed by atoms with Crippen LogP contribution < -0.4 is 10.5 Å². The number of rotatable bonds is 6. The van der Waals surface area contributed by atoms with Crippen molar-refractivity contribution in [1.82, 2.24) is 5.32 Å². The van der Waals surface area contributed by atoms with Gasteiger partial charge in [0.25, 0.3) is 0 Å². The molecule has 0 radical (unpaired) electrons. The Hall–Kier alpha value is -2.35. The molecule has 3 aromatic carbocycles. The number of primary sulfonamides is 1. The van der Waals surface area contributed by atoms with Crippen molar-refractivity contribution in [3.05, 3.63) is 72.3 Å². The lowest BCUT2D eigenvalue weighted by atomic mass is 10.1. The Morgan fingerprint density at radius 2 is 1.70 bits per heavy atom. The predicted octanol–water partition coefficient (Wildman–Crippen LogP) is 3.46.